The van der Waals surface area contributed by atoms with Crippen LogP contribution < -0.4 is 16.4 Å². The number of carbonyl (C=O) groups is 2. The molecule has 3 atom stereocenters. The van der Waals surface area contributed by atoms with Gasteiger partial charge in [0.05, 0.1) is 0 Å². The number of amides is 3. The van der Waals surface area contributed by atoms with E-state index in [4.69, 9.17) is 5.73 Å². The maximum Gasteiger partial charge on any atom is 0.316 e. The quantitative estimate of drug-likeness (QED) is 0.795. The lowest BCUT2D eigenvalue weighted by Gasteiger charge is -2.20. The van der Waals surface area contributed by atoms with Gasteiger partial charge in [0.25, 0.3) is 0 Å². The van der Waals surface area contributed by atoms with Gasteiger partial charge in [0.2, 0.25) is 5.91 Å². The highest BCUT2D eigenvalue weighted by molar-refractivity contribution is 5.93. The van der Waals surface area contributed by atoms with Crippen molar-refractivity contribution >= 4 is 23.3 Å². The highest BCUT2D eigenvalue weighted by atomic mass is 16.2. The maximum absolute atomic E-state index is 12.2. The smallest absolute Gasteiger partial charge is 0.316 e. The average molecular weight is 287 g/mol. The number of anilines is 2. The first kappa shape index (κ1) is 13.9. The SMILES string of the molecule is NC(=O)Nc1cccc(NC(=O)CC2CC3CCC2C3)c1. The van der Waals surface area contributed by atoms with Crippen LogP contribution >= 0.6 is 0 Å². The number of benzene rings is 1. The van der Waals surface area contributed by atoms with E-state index in [-0.39, 0.29) is 5.91 Å². The summed E-state index contributed by atoms with van der Waals surface area (Å²) in [7, 11) is 0. The standard InChI is InChI=1S/C16H21N3O2/c17-16(21)19-14-3-1-2-13(9-14)18-15(20)8-12-7-10-4-5-11(12)6-10/h1-3,9-12H,4-8H2,(H,18,20)(H3,17,19,21). The van der Waals surface area contributed by atoms with E-state index in [0.717, 1.165) is 11.8 Å². The van der Waals surface area contributed by atoms with Crippen LogP contribution in [0.5, 0.6) is 0 Å². The van der Waals surface area contributed by atoms with Crippen molar-refractivity contribution in [2.45, 2.75) is 32.1 Å². The van der Waals surface area contributed by atoms with Crippen molar-refractivity contribution in [1.82, 2.24) is 0 Å². The van der Waals surface area contributed by atoms with Gasteiger partial charge in [-0.1, -0.05) is 12.5 Å². The molecule has 4 N–H and O–H groups in total. The molecule has 3 rings (SSSR count). The summed E-state index contributed by atoms with van der Waals surface area (Å²) in [4.78, 5) is 23.0. The van der Waals surface area contributed by atoms with Gasteiger partial charge in [-0.3, -0.25) is 4.79 Å². The molecule has 3 amide bonds. The number of carbonyl (C=O) groups excluding carboxylic acids is 2. The Morgan fingerprint density at radius 1 is 1.14 bits per heavy atom. The van der Waals surface area contributed by atoms with Gasteiger partial charge in [0, 0.05) is 17.8 Å². The fourth-order valence-corrected chi connectivity index (χ4v) is 3.89. The number of urea groups is 1. The second kappa shape index (κ2) is 5.76. The van der Waals surface area contributed by atoms with E-state index in [1.165, 1.54) is 25.7 Å². The van der Waals surface area contributed by atoms with Gasteiger partial charge in [-0.25, -0.2) is 4.79 Å². The normalized spacial score (nSPS) is 26.6. The molecule has 2 aliphatic rings. The molecule has 2 bridgehead atoms. The number of fused-ring (bicyclic) bond motifs is 2. The molecule has 0 aliphatic heterocycles. The van der Waals surface area contributed by atoms with Gasteiger partial charge in [-0.15, -0.1) is 0 Å². The zero-order chi connectivity index (χ0) is 14.8. The van der Waals surface area contributed by atoms with Gasteiger partial charge < -0.3 is 16.4 Å². The Labute approximate surface area is 124 Å². The highest BCUT2D eigenvalue weighted by Crippen LogP contribution is 2.49. The molecule has 112 valence electrons. The summed E-state index contributed by atoms with van der Waals surface area (Å²) in [5.74, 6) is 2.22. The molecule has 1 aromatic rings. The third-order valence-corrected chi connectivity index (χ3v) is 4.75. The number of nitrogens with two attached hydrogens (primary N) is 1. The molecule has 0 radical (unpaired) electrons. The molecule has 0 saturated heterocycles. The van der Waals surface area contributed by atoms with Crippen molar-refractivity contribution in [2.24, 2.45) is 23.5 Å². The highest BCUT2D eigenvalue weighted by Gasteiger charge is 2.40. The average Bonchev–Trinajstić information content (AvgIpc) is 3.00. The van der Waals surface area contributed by atoms with Crippen LogP contribution in [0.3, 0.4) is 0 Å². The Bertz CT molecular complexity index is 558. The van der Waals surface area contributed by atoms with Gasteiger partial charge >= 0.3 is 6.03 Å². The molecule has 0 heterocycles. The van der Waals surface area contributed by atoms with E-state index in [0.29, 0.717) is 23.7 Å². The minimum absolute atomic E-state index is 0.0591. The molecule has 21 heavy (non-hydrogen) atoms. The first-order valence-electron chi connectivity index (χ1n) is 7.56. The summed E-state index contributed by atoms with van der Waals surface area (Å²) in [5, 5.41) is 5.41. The zero-order valence-corrected chi connectivity index (χ0v) is 12.0. The monoisotopic (exact) mass is 287 g/mol. The van der Waals surface area contributed by atoms with Crippen molar-refractivity contribution in [3.8, 4) is 0 Å². The summed E-state index contributed by atoms with van der Waals surface area (Å²) in [5.41, 5.74) is 6.35. The topological polar surface area (TPSA) is 84.2 Å². The predicted octanol–water partition coefficient (Wildman–Crippen LogP) is 2.94. The second-order valence-electron chi connectivity index (χ2n) is 6.26. The van der Waals surface area contributed by atoms with Crippen LogP contribution in [0, 0.1) is 17.8 Å². The lowest BCUT2D eigenvalue weighted by atomic mass is 9.86. The van der Waals surface area contributed by atoms with Crippen LogP contribution in [0.1, 0.15) is 32.1 Å². The molecule has 0 spiro atoms. The number of rotatable bonds is 4. The first-order chi connectivity index (χ1) is 10.1. The molecular formula is C16H21N3O2. The van der Waals surface area contributed by atoms with Crippen LogP contribution in [0.4, 0.5) is 16.2 Å². The number of nitrogens with one attached hydrogen (secondary N) is 2. The number of hydrogen-bond donors (Lipinski definition) is 3. The molecule has 1 aromatic carbocycles. The number of hydrogen-bond acceptors (Lipinski definition) is 2. The predicted molar refractivity (Wildman–Crippen MR) is 81.8 cm³/mol. The maximum atomic E-state index is 12.2. The van der Waals surface area contributed by atoms with Crippen LogP contribution in [-0.4, -0.2) is 11.9 Å². The van der Waals surface area contributed by atoms with Crippen LogP contribution in [0.15, 0.2) is 24.3 Å². The minimum Gasteiger partial charge on any atom is -0.351 e. The van der Waals surface area contributed by atoms with Gasteiger partial charge in [0.15, 0.2) is 0 Å². The molecule has 5 nitrogen and oxygen atoms in total. The van der Waals surface area contributed by atoms with E-state index >= 15 is 0 Å². The van der Waals surface area contributed by atoms with Gasteiger partial charge in [-0.05, 0) is 55.2 Å². The summed E-state index contributed by atoms with van der Waals surface area (Å²) in [6, 6.07) is 6.42. The summed E-state index contributed by atoms with van der Waals surface area (Å²) < 4.78 is 0. The van der Waals surface area contributed by atoms with E-state index in [1.54, 1.807) is 18.2 Å². The molecule has 2 fully saturated rings. The van der Waals surface area contributed by atoms with Crippen molar-refractivity contribution in [1.29, 1.82) is 0 Å². The van der Waals surface area contributed by atoms with E-state index in [9.17, 15) is 9.59 Å². The van der Waals surface area contributed by atoms with Crippen molar-refractivity contribution in [2.75, 3.05) is 10.6 Å². The van der Waals surface area contributed by atoms with Crippen LogP contribution in [-0.2, 0) is 4.79 Å². The number of primary amides is 1. The minimum atomic E-state index is -0.611. The van der Waals surface area contributed by atoms with Crippen LogP contribution in [0.25, 0.3) is 0 Å². The van der Waals surface area contributed by atoms with Crippen molar-refractivity contribution < 1.29 is 9.59 Å². The molecule has 5 heteroatoms. The summed E-state index contributed by atoms with van der Waals surface area (Å²) >= 11 is 0. The second-order valence-corrected chi connectivity index (χ2v) is 6.26. The Balaban J connectivity index is 1.56. The molecular weight excluding hydrogens is 266 g/mol. The lowest BCUT2D eigenvalue weighted by Crippen LogP contribution is -2.21. The van der Waals surface area contributed by atoms with E-state index in [2.05, 4.69) is 10.6 Å². The third kappa shape index (κ3) is 3.35. The Morgan fingerprint density at radius 3 is 2.52 bits per heavy atom. The molecule has 2 saturated carbocycles. The summed E-state index contributed by atoms with van der Waals surface area (Å²) in [6.45, 7) is 0. The Kier molecular flexibility index (Phi) is 3.82. The fraction of sp³-hybridized carbons (Fsp3) is 0.500. The lowest BCUT2D eigenvalue weighted by molar-refractivity contribution is -0.117. The first-order valence-corrected chi connectivity index (χ1v) is 7.56. The van der Waals surface area contributed by atoms with Crippen LogP contribution in [0.2, 0.25) is 0 Å². The fourth-order valence-electron chi connectivity index (χ4n) is 3.89. The molecule has 2 aliphatic carbocycles. The zero-order valence-electron chi connectivity index (χ0n) is 12.0. The van der Waals surface area contributed by atoms with E-state index < -0.39 is 6.03 Å². The summed E-state index contributed by atoms with van der Waals surface area (Å²) in [6.07, 6.45) is 5.77. The van der Waals surface area contributed by atoms with Gasteiger partial charge in [0.1, 0.15) is 0 Å². The molecule has 0 aromatic heterocycles. The largest absolute Gasteiger partial charge is 0.351 e. The van der Waals surface area contributed by atoms with Crippen molar-refractivity contribution in [3.05, 3.63) is 24.3 Å². The third-order valence-electron chi connectivity index (χ3n) is 4.75. The van der Waals surface area contributed by atoms with Crippen molar-refractivity contribution in [3.63, 3.8) is 0 Å². The Hall–Kier alpha value is -2.04. The molecule has 3 unspecified atom stereocenters. The van der Waals surface area contributed by atoms with E-state index in [1.807, 2.05) is 6.07 Å². The Morgan fingerprint density at radius 2 is 1.90 bits per heavy atom. The van der Waals surface area contributed by atoms with Gasteiger partial charge in [-0.2, -0.15) is 0 Å².